The molecule has 0 atom stereocenters. The van der Waals surface area contributed by atoms with Gasteiger partial charge in [-0.3, -0.25) is 4.79 Å². The zero-order chi connectivity index (χ0) is 15.6. The summed E-state index contributed by atoms with van der Waals surface area (Å²) in [5.41, 5.74) is 6.21. The molecular formula is C14H9BrClFN2OS. The molecule has 0 fully saturated rings. The van der Waals surface area contributed by atoms with Crippen LogP contribution in [0.25, 0.3) is 0 Å². The van der Waals surface area contributed by atoms with Crippen molar-refractivity contribution < 1.29 is 9.18 Å². The molecule has 1 amide bonds. The highest BCUT2D eigenvalue weighted by Gasteiger charge is 2.11. The summed E-state index contributed by atoms with van der Waals surface area (Å²) >= 11 is 13.8. The number of amides is 1. The van der Waals surface area contributed by atoms with Crippen LogP contribution in [0, 0.1) is 5.82 Å². The topological polar surface area (TPSA) is 55.1 Å². The molecule has 3 N–H and O–H groups in total. The minimum atomic E-state index is -0.610. The Morgan fingerprint density at radius 3 is 2.48 bits per heavy atom. The van der Waals surface area contributed by atoms with Crippen molar-refractivity contribution in [3.05, 3.63) is 62.8 Å². The van der Waals surface area contributed by atoms with Gasteiger partial charge in [0.15, 0.2) is 0 Å². The van der Waals surface area contributed by atoms with Crippen molar-refractivity contribution in [1.29, 1.82) is 0 Å². The third kappa shape index (κ3) is 3.78. The van der Waals surface area contributed by atoms with Gasteiger partial charge in [0.1, 0.15) is 10.8 Å². The van der Waals surface area contributed by atoms with Crippen molar-refractivity contribution >= 4 is 56.3 Å². The first-order valence-corrected chi connectivity index (χ1v) is 7.32. The fraction of sp³-hybridized carbons (Fsp3) is 0. The molecule has 3 nitrogen and oxygen atoms in total. The maximum absolute atomic E-state index is 13.9. The molecule has 0 aliphatic carbocycles. The summed E-state index contributed by atoms with van der Waals surface area (Å²) in [6.45, 7) is 0. The second kappa shape index (κ2) is 6.51. The number of rotatable bonds is 3. The lowest BCUT2D eigenvalue weighted by Crippen LogP contribution is -2.14. The van der Waals surface area contributed by atoms with E-state index in [1.807, 2.05) is 0 Å². The van der Waals surface area contributed by atoms with Gasteiger partial charge in [-0.2, -0.15) is 0 Å². The van der Waals surface area contributed by atoms with Crippen LogP contribution in [0.15, 0.2) is 40.9 Å². The third-order valence-corrected chi connectivity index (χ3v) is 4.13. The van der Waals surface area contributed by atoms with Crippen LogP contribution in [-0.4, -0.2) is 10.9 Å². The molecule has 2 rings (SSSR count). The fourth-order valence-corrected chi connectivity index (χ4v) is 2.22. The van der Waals surface area contributed by atoms with Gasteiger partial charge in [0.2, 0.25) is 0 Å². The van der Waals surface area contributed by atoms with Crippen LogP contribution in [0.5, 0.6) is 0 Å². The molecule has 0 saturated heterocycles. The number of thiocarbonyl (C=S) groups is 1. The SMILES string of the molecule is NC(=S)c1ccc(NC(=O)c2ccc(Cl)c(Br)c2)c(F)c1. The van der Waals surface area contributed by atoms with E-state index in [0.29, 0.717) is 20.6 Å². The number of carbonyl (C=O) groups is 1. The summed E-state index contributed by atoms with van der Waals surface area (Å²) in [7, 11) is 0. The first-order chi connectivity index (χ1) is 9.88. The Labute approximate surface area is 139 Å². The Morgan fingerprint density at radius 1 is 1.24 bits per heavy atom. The van der Waals surface area contributed by atoms with Crippen LogP contribution >= 0.6 is 39.7 Å². The number of carbonyl (C=O) groups excluding carboxylic acids is 1. The predicted octanol–water partition coefficient (Wildman–Crippen LogP) is 4.13. The minimum absolute atomic E-state index is 0.0473. The van der Waals surface area contributed by atoms with E-state index in [1.54, 1.807) is 24.3 Å². The number of hydrogen-bond donors (Lipinski definition) is 2. The van der Waals surface area contributed by atoms with Crippen LogP contribution in [0.3, 0.4) is 0 Å². The summed E-state index contributed by atoms with van der Waals surface area (Å²) in [4.78, 5) is 12.1. The third-order valence-electron chi connectivity index (χ3n) is 2.68. The summed E-state index contributed by atoms with van der Waals surface area (Å²) in [5.74, 6) is -1.06. The standard InChI is InChI=1S/C14H9BrClFN2OS/c15-9-5-8(1-3-10(9)16)14(20)19-12-4-2-7(13(18)21)6-11(12)17/h1-6H,(H2,18,21)(H,19,20). The molecule has 0 saturated carbocycles. The van der Waals surface area contributed by atoms with Gasteiger partial charge in [0, 0.05) is 15.6 Å². The van der Waals surface area contributed by atoms with E-state index in [1.165, 1.54) is 12.1 Å². The Bertz CT molecular complexity index is 739. The van der Waals surface area contributed by atoms with Crippen molar-refractivity contribution in [1.82, 2.24) is 0 Å². The Morgan fingerprint density at radius 2 is 1.90 bits per heavy atom. The van der Waals surface area contributed by atoms with Gasteiger partial charge in [-0.15, -0.1) is 0 Å². The fourth-order valence-electron chi connectivity index (χ4n) is 1.60. The quantitative estimate of drug-likeness (QED) is 0.779. The molecule has 0 heterocycles. The second-order valence-electron chi connectivity index (χ2n) is 4.14. The Hall–Kier alpha value is -1.50. The Balaban J connectivity index is 2.23. The Kier molecular flexibility index (Phi) is 4.92. The van der Waals surface area contributed by atoms with Crippen LogP contribution in [0.1, 0.15) is 15.9 Å². The lowest BCUT2D eigenvalue weighted by Gasteiger charge is -2.08. The second-order valence-corrected chi connectivity index (χ2v) is 5.84. The number of benzene rings is 2. The molecular weight excluding hydrogens is 379 g/mol. The molecule has 108 valence electrons. The van der Waals surface area contributed by atoms with Crippen LogP contribution < -0.4 is 11.1 Å². The van der Waals surface area contributed by atoms with Crippen molar-refractivity contribution in [3.8, 4) is 0 Å². The highest BCUT2D eigenvalue weighted by molar-refractivity contribution is 9.10. The van der Waals surface area contributed by atoms with Crippen molar-refractivity contribution in [2.75, 3.05) is 5.32 Å². The first-order valence-electron chi connectivity index (χ1n) is 5.74. The summed E-state index contributed by atoms with van der Waals surface area (Å²) in [5, 5.41) is 2.96. The average molecular weight is 388 g/mol. The molecule has 0 aromatic heterocycles. The summed E-state index contributed by atoms with van der Waals surface area (Å²) < 4.78 is 14.5. The van der Waals surface area contributed by atoms with Crippen LogP contribution in [0.2, 0.25) is 5.02 Å². The van der Waals surface area contributed by atoms with E-state index in [-0.39, 0.29) is 10.7 Å². The van der Waals surface area contributed by atoms with Gasteiger partial charge in [-0.1, -0.05) is 23.8 Å². The molecule has 0 unspecified atom stereocenters. The largest absolute Gasteiger partial charge is 0.389 e. The molecule has 21 heavy (non-hydrogen) atoms. The van der Waals surface area contributed by atoms with Crippen molar-refractivity contribution in [2.24, 2.45) is 5.73 Å². The monoisotopic (exact) mass is 386 g/mol. The molecule has 7 heteroatoms. The number of nitrogens with one attached hydrogen (secondary N) is 1. The smallest absolute Gasteiger partial charge is 0.255 e. The van der Waals surface area contributed by atoms with Gasteiger partial charge in [0.05, 0.1) is 10.7 Å². The zero-order valence-electron chi connectivity index (χ0n) is 10.5. The summed E-state index contributed by atoms with van der Waals surface area (Å²) in [6.07, 6.45) is 0. The molecule has 0 aliphatic heterocycles. The van der Waals surface area contributed by atoms with Gasteiger partial charge >= 0.3 is 0 Å². The number of halogens is 3. The number of nitrogens with two attached hydrogens (primary N) is 1. The van der Waals surface area contributed by atoms with E-state index in [4.69, 9.17) is 29.6 Å². The normalized spacial score (nSPS) is 10.2. The van der Waals surface area contributed by atoms with E-state index in [2.05, 4.69) is 21.2 Å². The number of anilines is 1. The molecule has 0 spiro atoms. The lowest BCUT2D eigenvalue weighted by atomic mass is 10.1. The van der Waals surface area contributed by atoms with Crippen LogP contribution in [-0.2, 0) is 0 Å². The molecule has 0 bridgehead atoms. The molecule has 2 aromatic rings. The maximum atomic E-state index is 13.9. The van der Waals surface area contributed by atoms with Gasteiger partial charge in [-0.25, -0.2) is 4.39 Å². The molecule has 2 aromatic carbocycles. The van der Waals surface area contributed by atoms with Crippen molar-refractivity contribution in [3.63, 3.8) is 0 Å². The average Bonchev–Trinajstić information content (AvgIpc) is 2.43. The molecule has 0 radical (unpaired) electrons. The zero-order valence-corrected chi connectivity index (χ0v) is 13.7. The highest BCUT2D eigenvalue weighted by atomic mass is 79.9. The minimum Gasteiger partial charge on any atom is -0.389 e. The van der Waals surface area contributed by atoms with Gasteiger partial charge < -0.3 is 11.1 Å². The predicted molar refractivity (Wildman–Crippen MR) is 89.4 cm³/mol. The maximum Gasteiger partial charge on any atom is 0.255 e. The molecule has 0 aliphatic rings. The summed E-state index contributed by atoms with van der Waals surface area (Å²) in [6, 6.07) is 8.80. The van der Waals surface area contributed by atoms with Gasteiger partial charge in [0.25, 0.3) is 5.91 Å². The van der Waals surface area contributed by atoms with Gasteiger partial charge in [-0.05, 0) is 52.3 Å². The van der Waals surface area contributed by atoms with Crippen LogP contribution in [0.4, 0.5) is 10.1 Å². The van der Waals surface area contributed by atoms with E-state index >= 15 is 0 Å². The van der Waals surface area contributed by atoms with Crippen molar-refractivity contribution in [2.45, 2.75) is 0 Å². The first kappa shape index (κ1) is 15.9. The van der Waals surface area contributed by atoms with E-state index < -0.39 is 11.7 Å². The number of hydrogen-bond acceptors (Lipinski definition) is 2. The lowest BCUT2D eigenvalue weighted by molar-refractivity contribution is 0.102. The van der Waals surface area contributed by atoms with E-state index in [9.17, 15) is 9.18 Å². The highest BCUT2D eigenvalue weighted by Crippen LogP contribution is 2.24. The van der Waals surface area contributed by atoms with E-state index in [0.717, 1.165) is 0 Å².